The van der Waals surface area contributed by atoms with Gasteiger partial charge in [-0.15, -0.1) is 0 Å². The first kappa shape index (κ1) is 19.8. The average Bonchev–Trinajstić information content (AvgIpc) is 3.14. The van der Waals surface area contributed by atoms with Crippen LogP contribution in [0, 0.1) is 6.92 Å². The highest BCUT2D eigenvalue weighted by Crippen LogP contribution is 2.25. The standard InChI is InChI=1S/C23H27ClN4O/c1-17-6-7-19(24)14-22(17)28-12-10-27(11-13-28)16-23(29)25-9-8-18-15-26-21-5-3-2-4-20(18)21/h2-7,14-15,26H,8-13,16H2,1H3,(H,25,29). The number of aryl methyl sites for hydroxylation is 1. The molecule has 2 aromatic carbocycles. The quantitative estimate of drug-likeness (QED) is 0.652. The number of benzene rings is 2. The molecule has 0 atom stereocenters. The molecular formula is C23H27ClN4O. The van der Waals surface area contributed by atoms with Gasteiger partial charge in [0.05, 0.1) is 6.54 Å². The lowest BCUT2D eigenvalue weighted by molar-refractivity contribution is -0.122. The van der Waals surface area contributed by atoms with Crippen LogP contribution in [0.2, 0.25) is 5.02 Å². The van der Waals surface area contributed by atoms with Gasteiger partial charge in [-0.25, -0.2) is 0 Å². The van der Waals surface area contributed by atoms with Gasteiger partial charge in [-0.1, -0.05) is 35.9 Å². The molecule has 2 N–H and O–H groups in total. The lowest BCUT2D eigenvalue weighted by Gasteiger charge is -2.36. The number of carbonyl (C=O) groups is 1. The van der Waals surface area contributed by atoms with Gasteiger partial charge in [-0.2, -0.15) is 0 Å². The van der Waals surface area contributed by atoms with E-state index in [4.69, 9.17) is 11.6 Å². The van der Waals surface area contributed by atoms with Crippen molar-refractivity contribution in [2.45, 2.75) is 13.3 Å². The van der Waals surface area contributed by atoms with Gasteiger partial charge >= 0.3 is 0 Å². The van der Waals surface area contributed by atoms with Crippen molar-refractivity contribution in [3.05, 3.63) is 64.8 Å². The van der Waals surface area contributed by atoms with Gasteiger partial charge in [0, 0.05) is 60.5 Å². The fourth-order valence-corrected chi connectivity index (χ4v) is 4.17. The summed E-state index contributed by atoms with van der Waals surface area (Å²) in [6.45, 7) is 6.79. The SMILES string of the molecule is Cc1ccc(Cl)cc1N1CCN(CC(=O)NCCc2c[nH]c3ccccc23)CC1. The summed E-state index contributed by atoms with van der Waals surface area (Å²) in [6, 6.07) is 14.3. The van der Waals surface area contributed by atoms with Crippen LogP contribution in [0.3, 0.4) is 0 Å². The fourth-order valence-electron chi connectivity index (χ4n) is 4.00. The average molecular weight is 411 g/mol. The summed E-state index contributed by atoms with van der Waals surface area (Å²) in [5, 5.41) is 5.06. The maximum atomic E-state index is 12.4. The monoisotopic (exact) mass is 410 g/mol. The fraction of sp³-hybridized carbons (Fsp3) is 0.348. The lowest BCUT2D eigenvalue weighted by Crippen LogP contribution is -2.49. The molecule has 1 aliphatic heterocycles. The summed E-state index contributed by atoms with van der Waals surface area (Å²) in [5.74, 6) is 0.0947. The minimum atomic E-state index is 0.0947. The van der Waals surface area contributed by atoms with E-state index in [1.807, 2.05) is 30.5 Å². The van der Waals surface area contributed by atoms with Crippen molar-refractivity contribution in [2.75, 3.05) is 44.2 Å². The van der Waals surface area contributed by atoms with Crippen LogP contribution < -0.4 is 10.2 Å². The minimum Gasteiger partial charge on any atom is -0.369 e. The van der Waals surface area contributed by atoms with E-state index in [9.17, 15) is 4.79 Å². The van der Waals surface area contributed by atoms with Crippen molar-refractivity contribution in [1.29, 1.82) is 0 Å². The number of para-hydroxylation sites is 1. The van der Waals surface area contributed by atoms with Gasteiger partial charge in [0.15, 0.2) is 0 Å². The van der Waals surface area contributed by atoms with Crippen LogP contribution >= 0.6 is 11.6 Å². The number of fused-ring (bicyclic) bond motifs is 1. The normalized spacial score (nSPS) is 15.0. The first-order valence-electron chi connectivity index (χ1n) is 10.2. The smallest absolute Gasteiger partial charge is 0.234 e. The molecule has 0 unspecified atom stereocenters. The Morgan fingerprint density at radius 1 is 1.14 bits per heavy atom. The Hall–Kier alpha value is -2.50. The van der Waals surface area contributed by atoms with Crippen molar-refractivity contribution >= 4 is 34.1 Å². The molecule has 5 nitrogen and oxygen atoms in total. The van der Waals surface area contributed by atoms with Crippen molar-refractivity contribution in [3.63, 3.8) is 0 Å². The van der Waals surface area contributed by atoms with Crippen LogP contribution in [0.15, 0.2) is 48.7 Å². The number of anilines is 1. The van der Waals surface area contributed by atoms with Gasteiger partial charge < -0.3 is 15.2 Å². The Balaban J connectivity index is 1.22. The van der Waals surface area contributed by atoms with E-state index in [-0.39, 0.29) is 5.91 Å². The van der Waals surface area contributed by atoms with Crippen LogP contribution in [0.1, 0.15) is 11.1 Å². The second-order valence-corrected chi connectivity index (χ2v) is 8.09. The molecule has 2 heterocycles. The van der Waals surface area contributed by atoms with Crippen LogP contribution in [0.25, 0.3) is 10.9 Å². The molecule has 0 bridgehead atoms. The Labute approximate surface area is 176 Å². The van der Waals surface area contributed by atoms with Gasteiger partial charge in [0.25, 0.3) is 0 Å². The highest BCUT2D eigenvalue weighted by molar-refractivity contribution is 6.30. The van der Waals surface area contributed by atoms with Crippen molar-refractivity contribution in [3.8, 4) is 0 Å². The number of H-pyrrole nitrogens is 1. The van der Waals surface area contributed by atoms with Gasteiger partial charge in [0.2, 0.25) is 5.91 Å². The number of halogens is 1. The van der Waals surface area contributed by atoms with E-state index in [1.165, 1.54) is 22.2 Å². The summed E-state index contributed by atoms with van der Waals surface area (Å²) in [7, 11) is 0. The number of aromatic amines is 1. The summed E-state index contributed by atoms with van der Waals surface area (Å²) in [6.07, 6.45) is 2.87. The lowest BCUT2D eigenvalue weighted by atomic mass is 10.1. The van der Waals surface area contributed by atoms with Crippen LogP contribution in [0.5, 0.6) is 0 Å². The molecule has 3 aromatic rings. The van der Waals surface area contributed by atoms with E-state index in [2.05, 4.69) is 45.2 Å². The minimum absolute atomic E-state index is 0.0947. The predicted octanol–water partition coefficient (Wildman–Crippen LogP) is 3.61. The highest BCUT2D eigenvalue weighted by atomic mass is 35.5. The molecule has 1 amide bonds. The summed E-state index contributed by atoms with van der Waals surface area (Å²) >= 11 is 6.16. The summed E-state index contributed by atoms with van der Waals surface area (Å²) in [4.78, 5) is 20.2. The molecule has 0 aliphatic carbocycles. The number of aromatic nitrogens is 1. The molecule has 1 saturated heterocycles. The zero-order valence-corrected chi connectivity index (χ0v) is 17.5. The van der Waals surface area contributed by atoms with Crippen LogP contribution in [0.4, 0.5) is 5.69 Å². The Kier molecular flexibility index (Phi) is 6.07. The molecule has 1 aliphatic rings. The number of hydrogen-bond acceptors (Lipinski definition) is 3. The van der Waals surface area contributed by atoms with Crippen molar-refractivity contribution < 1.29 is 4.79 Å². The molecule has 1 aromatic heterocycles. The van der Waals surface area contributed by atoms with Gasteiger partial charge in [0.1, 0.15) is 0 Å². The largest absolute Gasteiger partial charge is 0.369 e. The number of rotatable bonds is 6. The second kappa shape index (κ2) is 8.89. The molecule has 0 radical (unpaired) electrons. The van der Waals surface area contributed by atoms with Crippen molar-refractivity contribution in [2.24, 2.45) is 0 Å². The van der Waals surface area contributed by atoms with E-state index < -0.39 is 0 Å². The highest BCUT2D eigenvalue weighted by Gasteiger charge is 2.20. The maximum absolute atomic E-state index is 12.4. The van der Waals surface area contributed by atoms with Crippen LogP contribution in [-0.4, -0.2) is 55.1 Å². The number of nitrogens with one attached hydrogen (secondary N) is 2. The Morgan fingerprint density at radius 2 is 1.93 bits per heavy atom. The first-order chi connectivity index (χ1) is 14.1. The molecule has 4 rings (SSSR count). The molecule has 6 heteroatoms. The Morgan fingerprint density at radius 3 is 2.76 bits per heavy atom. The summed E-state index contributed by atoms with van der Waals surface area (Å²) < 4.78 is 0. The van der Waals surface area contributed by atoms with Gasteiger partial charge in [-0.05, 0) is 42.7 Å². The molecule has 152 valence electrons. The number of hydrogen-bond donors (Lipinski definition) is 2. The van der Waals surface area contributed by atoms with E-state index >= 15 is 0 Å². The third kappa shape index (κ3) is 4.74. The van der Waals surface area contributed by atoms with Crippen LogP contribution in [-0.2, 0) is 11.2 Å². The maximum Gasteiger partial charge on any atom is 0.234 e. The zero-order chi connectivity index (χ0) is 20.2. The number of piperazine rings is 1. The van der Waals surface area contributed by atoms with Crippen molar-refractivity contribution in [1.82, 2.24) is 15.2 Å². The summed E-state index contributed by atoms with van der Waals surface area (Å²) in [5.41, 5.74) is 4.81. The molecule has 29 heavy (non-hydrogen) atoms. The second-order valence-electron chi connectivity index (χ2n) is 7.65. The number of amides is 1. The Bertz CT molecular complexity index is 991. The molecule has 1 fully saturated rings. The molecule has 0 spiro atoms. The first-order valence-corrected chi connectivity index (χ1v) is 10.5. The van der Waals surface area contributed by atoms with Gasteiger partial charge in [-0.3, -0.25) is 9.69 Å². The molecule has 0 saturated carbocycles. The van der Waals surface area contributed by atoms with E-state index in [1.54, 1.807) is 0 Å². The number of nitrogens with zero attached hydrogens (tertiary/aromatic N) is 2. The van der Waals surface area contributed by atoms with E-state index in [0.717, 1.165) is 43.1 Å². The zero-order valence-electron chi connectivity index (χ0n) is 16.7. The van der Waals surface area contributed by atoms with E-state index in [0.29, 0.717) is 13.1 Å². The molecular weight excluding hydrogens is 384 g/mol. The third-order valence-electron chi connectivity index (χ3n) is 5.64. The predicted molar refractivity (Wildman–Crippen MR) is 120 cm³/mol. The number of carbonyl (C=O) groups excluding carboxylic acids is 1. The third-order valence-corrected chi connectivity index (χ3v) is 5.88. The topological polar surface area (TPSA) is 51.4 Å².